The number of hydrogen-bond donors (Lipinski definition) is 2. The normalized spacial score (nSPS) is 24.6. The molecular weight excluding hydrogens is 212 g/mol. The van der Waals surface area contributed by atoms with E-state index in [2.05, 4.69) is 23.9 Å². The minimum atomic E-state index is 0.429. The molecule has 1 fully saturated rings. The summed E-state index contributed by atoms with van der Waals surface area (Å²) in [6, 6.07) is 2.51. The summed E-state index contributed by atoms with van der Waals surface area (Å²) in [6.07, 6.45) is 6.92. The van der Waals surface area contributed by atoms with Gasteiger partial charge in [-0.15, -0.1) is 0 Å². The van der Waals surface area contributed by atoms with Crippen molar-refractivity contribution in [3.05, 3.63) is 12.3 Å². The van der Waals surface area contributed by atoms with E-state index < -0.39 is 0 Å². The van der Waals surface area contributed by atoms with Crippen LogP contribution in [0.15, 0.2) is 12.3 Å². The molecule has 1 aliphatic carbocycles. The summed E-state index contributed by atoms with van der Waals surface area (Å²) < 4.78 is 0. The number of rotatable bonds is 2. The van der Waals surface area contributed by atoms with Crippen molar-refractivity contribution in [1.29, 1.82) is 0 Å². The Balaban J connectivity index is 2.23. The maximum atomic E-state index is 6.01. The van der Waals surface area contributed by atoms with Crippen LogP contribution < -0.4 is 16.4 Å². The zero-order chi connectivity index (χ0) is 12.4. The first-order valence-corrected chi connectivity index (χ1v) is 6.34. The van der Waals surface area contributed by atoms with Crippen molar-refractivity contribution in [3.63, 3.8) is 0 Å². The fourth-order valence-electron chi connectivity index (χ4n) is 2.84. The highest BCUT2D eigenvalue weighted by atomic mass is 15.2. The summed E-state index contributed by atoms with van der Waals surface area (Å²) >= 11 is 0. The van der Waals surface area contributed by atoms with Gasteiger partial charge in [0.15, 0.2) is 0 Å². The van der Waals surface area contributed by atoms with Gasteiger partial charge < -0.3 is 16.4 Å². The van der Waals surface area contributed by atoms with Crippen molar-refractivity contribution in [2.45, 2.75) is 38.6 Å². The van der Waals surface area contributed by atoms with E-state index in [-0.39, 0.29) is 0 Å². The van der Waals surface area contributed by atoms with Gasteiger partial charge in [-0.1, -0.05) is 19.8 Å². The van der Waals surface area contributed by atoms with Gasteiger partial charge in [-0.05, 0) is 24.8 Å². The second-order valence-electron chi connectivity index (χ2n) is 5.07. The van der Waals surface area contributed by atoms with Gasteiger partial charge in [0.05, 0.1) is 11.4 Å². The lowest BCUT2D eigenvalue weighted by atomic mass is 9.85. The quantitative estimate of drug-likeness (QED) is 0.823. The van der Waals surface area contributed by atoms with E-state index in [1.165, 1.54) is 25.7 Å². The minimum Gasteiger partial charge on any atom is -0.394 e. The van der Waals surface area contributed by atoms with Gasteiger partial charge >= 0.3 is 0 Å². The molecule has 4 N–H and O–H groups in total. The third kappa shape index (κ3) is 2.30. The van der Waals surface area contributed by atoms with Gasteiger partial charge in [-0.25, -0.2) is 4.98 Å². The molecule has 1 saturated carbocycles. The smallest absolute Gasteiger partial charge is 0.148 e. The maximum Gasteiger partial charge on any atom is 0.148 e. The van der Waals surface area contributed by atoms with E-state index in [1.807, 2.05) is 6.07 Å². The third-order valence-electron chi connectivity index (χ3n) is 3.94. The van der Waals surface area contributed by atoms with Crippen LogP contribution in [0.1, 0.15) is 32.6 Å². The van der Waals surface area contributed by atoms with Gasteiger partial charge in [-0.3, -0.25) is 0 Å². The van der Waals surface area contributed by atoms with Crippen LogP contribution in [0.4, 0.5) is 17.2 Å². The number of pyridine rings is 1. The van der Waals surface area contributed by atoms with Crippen LogP contribution in [-0.2, 0) is 0 Å². The Kier molecular flexibility index (Phi) is 3.41. The summed E-state index contributed by atoms with van der Waals surface area (Å²) in [5.41, 5.74) is 13.4. The number of anilines is 3. The highest BCUT2D eigenvalue weighted by molar-refractivity contribution is 5.76. The zero-order valence-electron chi connectivity index (χ0n) is 10.7. The average molecular weight is 234 g/mol. The maximum absolute atomic E-state index is 6.01. The van der Waals surface area contributed by atoms with E-state index in [0.717, 1.165) is 5.69 Å². The van der Waals surface area contributed by atoms with E-state index in [4.69, 9.17) is 11.5 Å². The van der Waals surface area contributed by atoms with Crippen molar-refractivity contribution in [1.82, 2.24) is 4.98 Å². The Morgan fingerprint density at radius 2 is 2.00 bits per heavy atom. The van der Waals surface area contributed by atoms with Crippen LogP contribution in [0.25, 0.3) is 0 Å². The topological polar surface area (TPSA) is 68.2 Å². The third-order valence-corrected chi connectivity index (χ3v) is 3.94. The Bertz CT molecular complexity index is 391. The second-order valence-corrected chi connectivity index (χ2v) is 5.07. The Morgan fingerprint density at radius 1 is 1.29 bits per heavy atom. The first kappa shape index (κ1) is 12.0. The zero-order valence-corrected chi connectivity index (χ0v) is 10.7. The standard InChI is InChI=1S/C13H22N4/c1-9-5-3-4-6-10(9)17(2)11-7-8-16-13(15)12(11)14/h7-10H,3-6,14H2,1-2H3,(H2,15,16). The number of nitrogen functional groups attached to an aromatic ring is 2. The summed E-state index contributed by atoms with van der Waals surface area (Å²) in [5.74, 6) is 1.14. The highest BCUT2D eigenvalue weighted by Crippen LogP contribution is 2.34. The Hall–Kier alpha value is -1.45. The van der Waals surface area contributed by atoms with E-state index in [9.17, 15) is 0 Å². The largest absolute Gasteiger partial charge is 0.394 e. The van der Waals surface area contributed by atoms with Gasteiger partial charge in [0.2, 0.25) is 0 Å². The van der Waals surface area contributed by atoms with Crippen molar-refractivity contribution in [3.8, 4) is 0 Å². The lowest BCUT2D eigenvalue weighted by Crippen LogP contribution is -2.39. The summed E-state index contributed by atoms with van der Waals surface area (Å²) in [6.45, 7) is 2.32. The predicted molar refractivity (Wildman–Crippen MR) is 72.9 cm³/mol. The first-order chi connectivity index (χ1) is 8.11. The fourth-order valence-corrected chi connectivity index (χ4v) is 2.84. The van der Waals surface area contributed by atoms with Crippen LogP contribution >= 0.6 is 0 Å². The Labute approximate surface area is 103 Å². The molecule has 0 aromatic carbocycles. The SMILES string of the molecule is CC1CCCCC1N(C)c1ccnc(N)c1N. The molecule has 94 valence electrons. The van der Waals surface area contributed by atoms with Crippen LogP contribution in [0.3, 0.4) is 0 Å². The first-order valence-electron chi connectivity index (χ1n) is 6.34. The lowest BCUT2D eigenvalue weighted by molar-refractivity contribution is 0.322. The van der Waals surface area contributed by atoms with E-state index in [1.54, 1.807) is 6.20 Å². The molecule has 2 rings (SSSR count). The molecule has 4 heteroatoms. The lowest BCUT2D eigenvalue weighted by Gasteiger charge is -2.38. The van der Waals surface area contributed by atoms with Gasteiger partial charge in [-0.2, -0.15) is 0 Å². The summed E-state index contributed by atoms with van der Waals surface area (Å²) in [4.78, 5) is 6.29. The molecule has 0 bridgehead atoms. The predicted octanol–water partition coefficient (Wildman–Crippen LogP) is 2.26. The number of aromatic nitrogens is 1. The molecule has 1 heterocycles. The molecule has 2 unspecified atom stereocenters. The molecule has 0 amide bonds. The average Bonchev–Trinajstić information content (AvgIpc) is 2.32. The van der Waals surface area contributed by atoms with Crippen LogP contribution in [0, 0.1) is 5.92 Å². The molecule has 1 aliphatic rings. The van der Waals surface area contributed by atoms with Gasteiger partial charge in [0.1, 0.15) is 5.82 Å². The Morgan fingerprint density at radius 3 is 2.71 bits per heavy atom. The molecule has 0 radical (unpaired) electrons. The summed E-state index contributed by atoms with van der Waals surface area (Å²) in [7, 11) is 2.11. The van der Waals surface area contributed by atoms with Crippen molar-refractivity contribution < 1.29 is 0 Å². The number of hydrogen-bond acceptors (Lipinski definition) is 4. The number of nitrogens with two attached hydrogens (primary N) is 2. The van der Waals surface area contributed by atoms with Crippen molar-refractivity contribution in [2.75, 3.05) is 23.4 Å². The molecule has 17 heavy (non-hydrogen) atoms. The van der Waals surface area contributed by atoms with Crippen molar-refractivity contribution >= 4 is 17.2 Å². The van der Waals surface area contributed by atoms with Gasteiger partial charge in [0, 0.05) is 19.3 Å². The highest BCUT2D eigenvalue weighted by Gasteiger charge is 2.26. The molecular formula is C13H22N4. The van der Waals surface area contributed by atoms with Crippen LogP contribution in [0.5, 0.6) is 0 Å². The molecule has 4 nitrogen and oxygen atoms in total. The molecule has 0 spiro atoms. The minimum absolute atomic E-state index is 0.429. The molecule has 2 atom stereocenters. The molecule has 0 aliphatic heterocycles. The van der Waals surface area contributed by atoms with Gasteiger partial charge in [0.25, 0.3) is 0 Å². The molecule has 1 aromatic rings. The van der Waals surface area contributed by atoms with Crippen LogP contribution in [-0.4, -0.2) is 18.1 Å². The monoisotopic (exact) mass is 234 g/mol. The molecule has 1 aromatic heterocycles. The van der Waals surface area contributed by atoms with E-state index >= 15 is 0 Å². The number of nitrogens with zero attached hydrogens (tertiary/aromatic N) is 2. The second kappa shape index (κ2) is 4.82. The van der Waals surface area contributed by atoms with Crippen molar-refractivity contribution in [2.24, 2.45) is 5.92 Å². The molecule has 0 saturated heterocycles. The van der Waals surface area contributed by atoms with E-state index in [0.29, 0.717) is 23.5 Å². The summed E-state index contributed by atoms with van der Waals surface area (Å²) in [5, 5.41) is 0. The van der Waals surface area contributed by atoms with Crippen LogP contribution in [0.2, 0.25) is 0 Å². The fraction of sp³-hybridized carbons (Fsp3) is 0.615.